The first-order valence-electron chi connectivity index (χ1n) is 6.59. The van der Waals surface area contributed by atoms with Crippen molar-refractivity contribution in [2.24, 2.45) is 0 Å². The Labute approximate surface area is 123 Å². The SMILES string of the molecule is CC(C)c1cnc(NC(=O)C(C)c2ccc(N)cc2)s1. The molecule has 4 nitrogen and oxygen atoms in total. The summed E-state index contributed by atoms with van der Waals surface area (Å²) in [6.45, 7) is 6.09. The Kier molecular flexibility index (Phi) is 4.39. The molecule has 0 aliphatic heterocycles. The van der Waals surface area contributed by atoms with E-state index in [1.165, 1.54) is 16.2 Å². The highest BCUT2D eigenvalue weighted by Gasteiger charge is 2.17. The number of nitrogens with zero attached hydrogens (tertiary/aromatic N) is 1. The number of aromatic nitrogens is 1. The van der Waals surface area contributed by atoms with Gasteiger partial charge < -0.3 is 11.1 Å². The molecule has 106 valence electrons. The molecule has 1 unspecified atom stereocenters. The van der Waals surface area contributed by atoms with E-state index in [0.717, 1.165) is 5.56 Å². The number of hydrogen-bond acceptors (Lipinski definition) is 4. The van der Waals surface area contributed by atoms with Crippen molar-refractivity contribution in [2.75, 3.05) is 11.1 Å². The molecule has 2 aromatic rings. The fourth-order valence-electron chi connectivity index (χ4n) is 1.76. The molecule has 1 atom stereocenters. The van der Waals surface area contributed by atoms with Gasteiger partial charge in [0.1, 0.15) is 0 Å². The first kappa shape index (κ1) is 14.5. The third-order valence-electron chi connectivity index (χ3n) is 3.15. The summed E-state index contributed by atoms with van der Waals surface area (Å²) in [7, 11) is 0. The molecular formula is C15H19N3OS. The summed E-state index contributed by atoms with van der Waals surface area (Å²) in [6, 6.07) is 7.36. The summed E-state index contributed by atoms with van der Waals surface area (Å²) in [5.41, 5.74) is 7.29. The zero-order chi connectivity index (χ0) is 14.7. The van der Waals surface area contributed by atoms with E-state index >= 15 is 0 Å². The van der Waals surface area contributed by atoms with Gasteiger partial charge in [0, 0.05) is 16.8 Å². The molecule has 0 saturated heterocycles. The number of benzene rings is 1. The number of thiazole rings is 1. The van der Waals surface area contributed by atoms with Gasteiger partial charge in [0.25, 0.3) is 0 Å². The van der Waals surface area contributed by atoms with Crippen molar-refractivity contribution in [3.8, 4) is 0 Å². The first-order chi connectivity index (χ1) is 9.47. The van der Waals surface area contributed by atoms with Crippen molar-refractivity contribution in [1.82, 2.24) is 4.98 Å². The predicted molar refractivity (Wildman–Crippen MR) is 84.1 cm³/mol. The number of nitrogens with two attached hydrogens (primary N) is 1. The fraction of sp³-hybridized carbons (Fsp3) is 0.333. The third-order valence-corrected chi connectivity index (χ3v) is 4.37. The van der Waals surface area contributed by atoms with E-state index < -0.39 is 0 Å². The van der Waals surface area contributed by atoms with Gasteiger partial charge in [-0.25, -0.2) is 4.98 Å². The van der Waals surface area contributed by atoms with Crippen molar-refractivity contribution in [2.45, 2.75) is 32.6 Å². The highest BCUT2D eigenvalue weighted by Crippen LogP contribution is 2.26. The Bertz CT molecular complexity index is 589. The number of rotatable bonds is 4. The first-order valence-corrected chi connectivity index (χ1v) is 7.41. The van der Waals surface area contributed by atoms with Crippen LogP contribution in [0.1, 0.15) is 43.0 Å². The van der Waals surface area contributed by atoms with E-state index in [4.69, 9.17) is 5.73 Å². The van der Waals surface area contributed by atoms with Crippen LogP contribution in [-0.4, -0.2) is 10.9 Å². The molecule has 0 aliphatic carbocycles. The summed E-state index contributed by atoms with van der Waals surface area (Å²) >= 11 is 1.52. The van der Waals surface area contributed by atoms with Crippen LogP contribution in [0.25, 0.3) is 0 Å². The maximum atomic E-state index is 12.2. The molecule has 0 saturated carbocycles. The van der Waals surface area contributed by atoms with E-state index in [-0.39, 0.29) is 11.8 Å². The van der Waals surface area contributed by atoms with Crippen molar-refractivity contribution in [3.63, 3.8) is 0 Å². The van der Waals surface area contributed by atoms with Crippen LogP contribution in [0.2, 0.25) is 0 Å². The molecule has 5 heteroatoms. The molecule has 20 heavy (non-hydrogen) atoms. The number of anilines is 2. The number of nitrogens with one attached hydrogen (secondary N) is 1. The molecule has 0 fully saturated rings. The highest BCUT2D eigenvalue weighted by atomic mass is 32.1. The highest BCUT2D eigenvalue weighted by molar-refractivity contribution is 7.15. The van der Waals surface area contributed by atoms with Crippen LogP contribution in [0.3, 0.4) is 0 Å². The minimum Gasteiger partial charge on any atom is -0.399 e. The molecule has 3 N–H and O–H groups in total. The fourth-order valence-corrected chi connectivity index (χ4v) is 2.58. The summed E-state index contributed by atoms with van der Waals surface area (Å²) in [5, 5.41) is 3.52. The standard InChI is InChI=1S/C15H19N3OS/c1-9(2)13-8-17-15(20-13)18-14(19)10(3)11-4-6-12(16)7-5-11/h4-10H,16H2,1-3H3,(H,17,18,19). The maximum Gasteiger partial charge on any atom is 0.233 e. The van der Waals surface area contributed by atoms with E-state index in [0.29, 0.717) is 16.7 Å². The van der Waals surface area contributed by atoms with E-state index in [1.54, 1.807) is 12.1 Å². The van der Waals surface area contributed by atoms with Crippen LogP contribution in [-0.2, 0) is 4.79 Å². The van der Waals surface area contributed by atoms with Gasteiger partial charge >= 0.3 is 0 Å². The molecule has 0 spiro atoms. The van der Waals surface area contributed by atoms with E-state index in [2.05, 4.69) is 24.1 Å². The summed E-state index contributed by atoms with van der Waals surface area (Å²) in [6.07, 6.45) is 1.82. The Morgan fingerprint density at radius 2 is 1.90 bits per heavy atom. The Morgan fingerprint density at radius 1 is 1.25 bits per heavy atom. The van der Waals surface area contributed by atoms with Crippen molar-refractivity contribution >= 4 is 28.1 Å². The normalized spacial score (nSPS) is 12.4. The second-order valence-corrected chi connectivity index (χ2v) is 6.16. The molecule has 1 heterocycles. The lowest BCUT2D eigenvalue weighted by molar-refractivity contribution is -0.117. The minimum absolute atomic E-state index is 0.0561. The van der Waals surface area contributed by atoms with Gasteiger partial charge in [0.05, 0.1) is 5.92 Å². The predicted octanol–water partition coefficient (Wildman–Crippen LogP) is 3.59. The second kappa shape index (κ2) is 6.05. The Morgan fingerprint density at radius 3 is 2.45 bits per heavy atom. The summed E-state index contributed by atoms with van der Waals surface area (Å²) in [5.74, 6) is 0.133. The smallest absolute Gasteiger partial charge is 0.233 e. The van der Waals surface area contributed by atoms with Crippen molar-refractivity contribution < 1.29 is 4.79 Å². The van der Waals surface area contributed by atoms with Gasteiger partial charge in [-0.2, -0.15) is 0 Å². The molecule has 1 aromatic heterocycles. The maximum absolute atomic E-state index is 12.2. The van der Waals surface area contributed by atoms with Crippen LogP contribution in [0.4, 0.5) is 10.8 Å². The molecule has 0 radical (unpaired) electrons. The van der Waals surface area contributed by atoms with Crippen LogP contribution in [0.15, 0.2) is 30.5 Å². The second-order valence-electron chi connectivity index (χ2n) is 5.10. The largest absolute Gasteiger partial charge is 0.399 e. The lowest BCUT2D eigenvalue weighted by Gasteiger charge is -2.11. The monoisotopic (exact) mass is 289 g/mol. The minimum atomic E-state index is -0.234. The van der Waals surface area contributed by atoms with Crippen LogP contribution >= 0.6 is 11.3 Å². The molecular weight excluding hydrogens is 270 g/mol. The van der Waals surface area contributed by atoms with Gasteiger partial charge in [-0.05, 0) is 30.5 Å². The van der Waals surface area contributed by atoms with Crippen molar-refractivity contribution in [1.29, 1.82) is 0 Å². The molecule has 1 amide bonds. The van der Waals surface area contributed by atoms with Gasteiger partial charge in [-0.15, -0.1) is 11.3 Å². The van der Waals surface area contributed by atoms with E-state index in [9.17, 15) is 4.79 Å². The molecule has 1 aromatic carbocycles. The van der Waals surface area contributed by atoms with Gasteiger partial charge in [0.2, 0.25) is 5.91 Å². The topological polar surface area (TPSA) is 68.0 Å². The van der Waals surface area contributed by atoms with E-state index in [1.807, 2.05) is 25.3 Å². The average Bonchev–Trinajstić information content (AvgIpc) is 2.87. The Hall–Kier alpha value is -1.88. The lowest BCUT2D eigenvalue weighted by Crippen LogP contribution is -2.18. The van der Waals surface area contributed by atoms with Crippen LogP contribution in [0.5, 0.6) is 0 Å². The van der Waals surface area contributed by atoms with Gasteiger partial charge in [-0.1, -0.05) is 26.0 Å². The van der Waals surface area contributed by atoms with Crippen molar-refractivity contribution in [3.05, 3.63) is 40.9 Å². The van der Waals surface area contributed by atoms with Crippen LogP contribution < -0.4 is 11.1 Å². The quantitative estimate of drug-likeness (QED) is 0.845. The average molecular weight is 289 g/mol. The summed E-state index contributed by atoms with van der Waals surface area (Å²) < 4.78 is 0. The van der Waals surface area contributed by atoms with Gasteiger partial charge in [0.15, 0.2) is 5.13 Å². The summed E-state index contributed by atoms with van der Waals surface area (Å²) in [4.78, 5) is 17.6. The number of hydrogen-bond donors (Lipinski definition) is 2. The van der Waals surface area contributed by atoms with Gasteiger partial charge in [-0.3, -0.25) is 4.79 Å². The molecule has 2 rings (SSSR count). The zero-order valence-electron chi connectivity index (χ0n) is 11.9. The number of nitrogen functional groups attached to an aromatic ring is 1. The van der Waals surface area contributed by atoms with Crippen LogP contribution in [0, 0.1) is 0 Å². The zero-order valence-corrected chi connectivity index (χ0v) is 12.7. The number of carbonyl (C=O) groups is 1. The Balaban J connectivity index is 2.05. The lowest BCUT2D eigenvalue weighted by atomic mass is 10.0. The molecule has 0 aliphatic rings. The molecule has 0 bridgehead atoms. The number of amides is 1. The number of carbonyl (C=O) groups excluding carboxylic acids is 1. The third kappa shape index (κ3) is 3.36.